The Morgan fingerprint density at radius 3 is 2.00 bits per heavy atom. The van der Waals surface area contributed by atoms with Gasteiger partial charge in [0.05, 0.1) is 10.7 Å². The van der Waals surface area contributed by atoms with Crippen LogP contribution in [0.4, 0.5) is 32.0 Å². The van der Waals surface area contributed by atoms with Crippen LogP contribution in [0.1, 0.15) is 18.1 Å². The second kappa shape index (κ2) is 8.05. The fraction of sp³-hybridized carbons (Fsp3) is 0.263. The van der Waals surface area contributed by atoms with E-state index in [1.54, 1.807) is 24.1 Å². The lowest BCUT2D eigenvalue weighted by Gasteiger charge is -2.33. The van der Waals surface area contributed by atoms with E-state index in [0.29, 0.717) is 18.7 Å². The van der Waals surface area contributed by atoms with Gasteiger partial charge in [0.1, 0.15) is 0 Å². The van der Waals surface area contributed by atoms with E-state index in [1.807, 2.05) is 30.3 Å². The molecule has 2 rings (SSSR count). The van der Waals surface area contributed by atoms with Gasteiger partial charge in [0.2, 0.25) is 0 Å². The highest BCUT2D eigenvalue weighted by Crippen LogP contribution is 2.50. The molecule has 152 valence electrons. The Kier molecular flexibility index (Phi) is 6.35. The third-order valence-electron chi connectivity index (χ3n) is 4.08. The number of anilines is 1. The maximum Gasteiger partial charge on any atom is 0.430 e. The van der Waals surface area contributed by atoms with E-state index in [4.69, 9.17) is 11.6 Å². The lowest BCUT2D eigenvalue weighted by atomic mass is 9.92. The van der Waals surface area contributed by atoms with Crippen molar-refractivity contribution in [2.45, 2.75) is 24.9 Å². The second-order valence-electron chi connectivity index (χ2n) is 5.88. The Morgan fingerprint density at radius 2 is 1.54 bits per heavy atom. The third kappa shape index (κ3) is 4.28. The van der Waals surface area contributed by atoms with Crippen LogP contribution >= 0.6 is 11.6 Å². The molecular weight excluding hydrogens is 408 g/mol. The van der Waals surface area contributed by atoms with Crippen molar-refractivity contribution < 1.29 is 31.4 Å². The number of halogens is 7. The standard InChI is InChI=1S/C19H16ClF6NO/c1-2-27(11-10-13-6-4-3-5-7-13)16-9-8-14(12-15(16)20)17(28,18(21,22)23)19(24,25)26/h3-12,28H,2H2,1H3. The molecule has 28 heavy (non-hydrogen) atoms. The zero-order valence-corrected chi connectivity index (χ0v) is 15.3. The molecule has 1 N–H and O–H groups in total. The number of alkyl halides is 6. The summed E-state index contributed by atoms with van der Waals surface area (Å²) in [7, 11) is 0. The molecule has 0 bridgehead atoms. The topological polar surface area (TPSA) is 23.5 Å². The summed E-state index contributed by atoms with van der Waals surface area (Å²) in [6.07, 6.45) is -8.60. The fourth-order valence-electron chi connectivity index (χ4n) is 2.55. The van der Waals surface area contributed by atoms with E-state index in [9.17, 15) is 31.4 Å². The van der Waals surface area contributed by atoms with Crippen molar-refractivity contribution >= 4 is 23.4 Å². The SMILES string of the molecule is CCN(C=Cc1ccccc1)c1ccc(C(O)(C(F)(F)F)C(F)(F)F)cc1Cl. The molecule has 0 heterocycles. The first-order valence-electron chi connectivity index (χ1n) is 8.07. The lowest BCUT2D eigenvalue weighted by molar-refractivity contribution is -0.376. The summed E-state index contributed by atoms with van der Waals surface area (Å²) in [5, 5.41) is 9.13. The van der Waals surface area contributed by atoms with Gasteiger partial charge < -0.3 is 10.0 Å². The quantitative estimate of drug-likeness (QED) is 0.583. The molecule has 0 saturated carbocycles. The Bertz CT molecular complexity index is 819. The summed E-state index contributed by atoms with van der Waals surface area (Å²) in [4.78, 5) is 1.55. The number of hydrogen-bond donors (Lipinski definition) is 1. The van der Waals surface area contributed by atoms with Gasteiger partial charge in [0.25, 0.3) is 5.60 Å². The van der Waals surface area contributed by atoms with Crippen LogP contribution in [-0.2, 0) is 5.60 Å². The smallest absolute Gasteiger partial charge is 0.369 e. The molecule has 9 heteroatoms. The molecule has 2 aromatic rings. The Morgan fingerprint density at radius 1 is 0.964 bits per heavy atom. The summed E-state index contributed by atoms with van der Waals surface area (Å²) in [6, 6.07) is 11.2. The number of hydrogen-bond acceptors (Lipinski definition) is 2. The molecule has 0 saturated heterocycles. The van der Waals surface area contributed by atoms with Crippen LogP contribution in [-0.4, -0.2) is 24.0 Å². The molecule has 0 aromatic heterocycles. The number of aliphatic hydroxyl groups is 1. The van der Waals surface area contributed by atoms with Gasteiger partial charge in [0, 0.05) is 18.3 Å². The summed E-state index contributed by atoms with van der Waals surface area (Å²) < 4.78 is 78.1. The van der Waals surface area contributed by atoms with Crippen molar-refractivity contribution in [3.8, 4) is 0 Å². The molecule has 0 fully saturated rings. The van der Waals surface area contributed by atoms with E-state index in [1.165, 1.54) is 0 Å². The minimum Gasteiger partial charge on any atom is -0.369 e. The predicted molar refractivity (Wildman–Crippen MR) is 96.0 cm³/mol. The summed E-state index contributed by atoms with van der Waals surface area (Å²) in [6.45, 7) is 2.09. The minimum atomic E-state index is -5.96. The van der Waals surface area contributed by atoms with E-state index < -0.39 is 23.5 Å². The predicted octanol–water partition coefficient (Wildman–Crippen LogP) is 6.15. The molecule has 2 aromatic carbocycles. The molecule has 0 unspecified atom stereocenters. The van der Waals surface area contributed by atoms with Crippen molar-refractivity contribution in [2.75, 3.05) is 11.4 Å². The largest absolute Gasteiger partial charge is 0.430 e. The highest BCUT2D eigenvalue weighted by Gasteiger charge is 2.71. The molecule has 0 amide bonds. The zero-order chi connectivity index (χ0) is 21.2. The van der Waals surface area contributed by atoms with Crippen LogP contribution in [0.5, 0.6) is 0 Å². The van der Waals surface area contributed by atoms with Gasteiger partial charge in [0.15, 0.2) is 0 Å². The number of nitrogens with zero attached hydrogens (tertiary/aromatic N) is 1. The second-order valence-corrected chi connectivity index (χ2v) is 6.29. The van der Waals surface area contributed by atoms with Crippen LogP contribution in [0.25, 0.3) is 6.08 Å². The van der Waals surface area contributed by atoms with Gasteiger partial charge in [-0.05, 0) is 30.7 Å². The van der Waals surface area contributed by atoms with E-state index in [0.717, 1.165) is 11.6 Å². The van der Waals surface area contributed by atoms with Crippen LogP contribution in [0.15, 0.2) is 54.7 Å². The molecule has 2 nitrogen and oxygen atoms in total. The van der Waals surface area contributed by atoms with Crippen molar-refractivity contribution in [2.24, 2.45) is 0 Å². The van der Waals surface area contributed by atoms with Crippen LogP contribution in [0, 0.1) is 0 Å². The first-order valence-corrected chi connectivity index (χ1v) is 8.45. The van der Waals surface area contributed by atoms with E-state index in [-0.39, 0.29) is 10.7 Å². The first kappa shape index (κ1) is 22.1. The van der Waals surface area contributed by atoms with Crippen molar-refractivity contribution in [3.63, 3.8) is 0 Å². The lowest BCUT2D eigenvalue weighted by Crippen LogP contribution is -2.53. The van der Waals surface area contributed by atoms with Gasteiger partial charge in [-0.3, -0.25) is 0 Å². The van der Waals surface area contributed by atoms with Crippen molar-refractivity contribution in [1.82, 2.24) is 0 Å². The minimum absolute atomic E-state index is 0.201. The van der Waals surface area contributed by atoms with Gasteiger partial charge in [-0.1, -0.05) is 48.0 Å². The molecule has 0 spiro atoms. The highest BCUT2D eigenvalue weighted by atomic mass is 35.5. The highest BCUT2D eigenvalue weighted by molar-refractivity contribution is 6.33. The van der Waals surface area contributed by atoms with Crippen molar-refractivity contribution in [1.29, 1.82) is 0 Å². The third-order valence-corrected chi connectivity index (χ3v) is 4.39. The summed E-state index contributed by atoms with van der Waals surface area (Å²) in [5.74, 6) is 0. The van der Waals surface area contributed by atoms with E-state index in [2.05, 4.69) is 0 Å². The maximum atomic E-state index is 13.0. The van der Waals surface area contributed by atoms with Gasteiger partial charge in [-0.15, -0.1) is 0 Å². The molecular formula is C19H16ClF6NO. The molecule has 0 aliphatic rings. The first-order chi connectivity index (χ1) is 12.9. The van der Waals surface area contributed by atoms with Gasteiger partial charge >= 0.3 is 12.4 Å². The van der Waals surface area contributed by atoms with Crippen LogP contribution in [0.3, 0.4) is 0 Å². The Labute approximate surface area is 162 Å². The normalized spacial score (nSPS) is 13.2. The Balaban J connectivity index is 2.43. The van der Waals surface area contributed by atoms with Crippen molar-refractivity contribution in [3.05, 3.63) is 70.9 Å². The fourth-order valence-corrected chi connectivity index (χ4v) is 2.84. The van der Waals surface area contributed by atoms with Gasteiger partial charge in [-0.2, -0.15) is 26.3 Å². The molecule has 0 aliphatic heterocycles. The number of benzene rings is 2. The monoisotopic (exact) mass is 423 g/mol. The Hall–Kier alpha value is -2.19. The summed E-state index contributed by atoms with van der Waals surface area (Å²) >= 11 is 5.97. The van der Waals surface area contributed by atoms with Gasteiger partial charge in [-0.25, -0.2) is 0 Å². The number of rotatable bonds is 5. The molecule has 0 atom stereocenters. The molecule has 0 radical (unpaired) electrons. The summed E-state index contributed by atoms with van der Waals surface area (Å²) in [5.41, 5.74) is -5.37. The van der Waals surface area contributed by atoms with E-state index >= 15 is 0 Å². The average molecular weight is 424 g/mol. The maximum absolute atomic E-state index is 13.0. The molecule has 0 aliphatic carbocycles. The van der Waals surface area contributed by atoms with Crippen LogP contribution in [0.2, 0.25) is 5.02 Å². The average Bonchev–Trinajstić information content (AvgIpc) is 2.61. The van der Waals surface area contributed by atoms with Crippen LogP contribution < -0.4 is 4.90 Å². The zero-order valence-electron chi connectivity index (χ0n) is 14.5.